The Morgan fingerprint density at radius 2 is 2.06 bits per heavy atom. The summed E-state index contributed by atoms with van der Waals surface area (Å²) in [7, 11) is 0. The molecule has 2 N–H and O–H groups in total. The van der Waals surface area contributed by atoms with Crippen LogP contribution in [0.25, 0.3) is 6.08 Å². The van der Waals surface area contributed by atoms with Crippen LogP contribution in [0, 0.1) is 19.8 Å². The molecule has 3 atom stereocenters. The first-order valence-electron chi connectivity index (χ1n) is 11.6. The fraction of sp³-hybridized carbons (Fsp3) is 0.480. The van der Waals surface area contributed by atoms with Crippen LogP contribution in [0.1, 0.15) is 48.7 Å². The zero-order valence-electron chi connectivity index (χ0n) is 19.4. The second-order valence-electron chi connectivity index (χ2n) is 8.81. The van der Waals surface area contributed by atoms with Crippen LogP contribution in [-0.2, 0) is 27.3 Å². The van der Waals surface area contributed by atoms with Crippen molar-refractivity contribution in [3.8, 4) is 0 Å². The van der Waals surface area contributed by atoms with E-state index in [2.05, 4.69) is 29.6 Å². The average molecular weight is 471 g/mol. The zero-order chi connectivity index (χ0) is 23.5. The minimum absolute atomic E-state index is 0.0448. The second kappa shape index (κ2) is 10.00. The maximum absolute atomic E-state index is 12.8. The molecule has 1 aliphatic heterocycles. The Labute approximate surface area is 199 Å². The quantitative estimate of drug-likeness (QED) is 0.632. The Kier molecular flexibility index (Phi) is 7.08. The van der Waals surface area contributed by atoms with Crippen LogP contribution < -0.4 is 10.6 Å². The van der Waals surface area contributed by atoms with Crippen LogP contribution in [0.2, 0.25) is 5.02 Å². The van der Waals surface area contributed by atoms with Crippen molar-refractivity contribution in [1.29, 1.82) is 0 Å². The van der Waals surface area contributed by atoms with Gasteiger partial charge in [0.15, 0.2) is 5.76 Å². The molecule has 1 saturated heterocycles. The summed E-state index contributed by atoms with van der Waals surface area (Å²) >= 11 is 5.93. The number of aryl methyl sites for hydroxylation is 2. The summed E-state index contributed by atoms with van der Waals surface area (Å²) in [5, 5.41) is 11.3. The summed E-state index contributed by atoms with van der Waals surface area (Å²) < 4.78 is 8.01. The van der Waals surface area contributed by atoms with E-state index in [9.17, 15) is 9.59 Å². The van der Waals surface area contributed by atoms with Gasteiger partial charge in [-0.1, -0.05) is 23.7 Å². The zero-order valence-corrected chi connectivity index (χ0v) is 20.1. The number of carbonyl (C=O) groups excluding carboxylic acids is 2. The van der Waals surface area contributed by atoms with Gasteiger partial charge in [-0.3, -0.25) is 14.3 Å². The Morgan fingerprint density at radius 3 is 2.76 bits per heavy atom. The molecule has 4 rings (SSSR count). The number of hydrogen-bond donors (Lipinski definition) is 2. The van der Waals surface area contributed by atoms with Crippen molar-refractivity contribution in [2.75, 3.05) is 6.54 Å². The van der Waals surface area contributed by atoms with Gasteiger partial charge in [-0.15, -0.1) is 0 Å². The number of nitrogens with zero attached hydrogens (tertiary/aromatic N) is 2. The topological polar surface area (TPSA) is 85.2 Å². The summed E-state index contributed by atoms with van der Waals surface area (Å²) in [5.41, 5.74) is 4.24. The van der Waals surface area contributed by atoms with Gasteiger partial charge in [0.25, 0.3) is 5.91 Å². The predicted octanol–water partition coefficient (Wildman–Crippen LogP) is 3.56. The van der Waals surface area contributed by atoms with Gasteiger partial charge < -0.3 is 15.4 Å². The number of benzene rings is 1. The smallest absolute Gasteiger partial charge is 0.286 e. The molecule has 0 bridgehead atoms. The van der Waals surface area contributed by atoms with E-state index in [-0.39, 0.29) is 29.9 Å². The minimum Gasteiger partial charge on any atom is -0.483 e. The highest BCUT2D eigenvalue weighted by atomic mass is 35.5. The van der Waals surface area contributed by atoms with E-state index in [1.807, 2.05) is 23.7 Å². The third kappa shape index (κ3) is 5.24. The van der Waals surface area contributed by atoms with Crippen LogP contribution >= 0.6 is 11.6 Å². The number of carbonyl (C=O) groups is 2. The van der Waals surface area contributed by atoms with Crippen LogP contribution in [-0.4, -0.2) is 40.3 Å². The summed E-state index contributed by atoms with van der Waals surface area (Å²) in [5.74, 6) is -0.0214. The third-order valence-electron chi connectivity index (χ3n) is 6.65. The summed E-state index contributed by atoms with van der Waals surface area (Å²) in [6, 6.07) is 7.08. The Bertz CT molecular complexity index is 1060. The van der Waals surface area contributed by atoms with E-state index in [1.165, 1.54) is 5.56 Å². The lowest BCUT2D eigenvalue weighted by Gasteiger charge is -2.39. The first kappa shape index (κ1) is 23.4. The molecule has 2 heterocycles. The molecule has 1 aromatic carbocycles. The minimum atomic E-state index is -0.244. The number of ether oxygens (including phenoxy) is 1. The van der Waals surface area contributed by atoms with E-state index in [1.54, 1.807) is 18.2 Å². The number of nitrogens with one attached hydrogen (secondary N) is 2. The number of morpholine rings is 1. The molecule has 2 aliphatic rings. The van der Waals surface area contributed by atoms with Crippen molar-refractivity contribution in [2.45, 2.75) is 65.1 Å². The largest absolute Gasteiger partial charge is 0.483 e. The highest BCUT2D eigenvalue weighted by Crippen LogP contribution is 2.31. The standard InChI is InChI=1S/C25H31ClN4O3/c1-4-30-16(3)20(15(2)29-30)11-12-27-24(31)18-7-10-22-21(14-18)28-25(32)23(33-22)13-17-5-8-19(26)9-6-17/h5-6,8-9,13,18,21-22H,4,7,10-12,14H2,1-3H3,(H,27,31)(H,28,32)/b23-13-. The molecule has 7 nitrogen and oxygen atoms in total. The lowest BCUT2D eigenvalue weighted by atomic mass is 9.82. The first-order valence-corrected chi connectivity index (χ1v) is 12.0. The molecule has 2 amide bonds. The number of hydrogen-bond acceptors (Lipinski definition) is 4. The van der Waals surface area contributed by atoms with E-state index in [0.29, 0.717) is 23.7 Å². The monoisotopic (exact) mass is 470 g/mol. The number of rotatable bonds is 6. The molecule has 176 valence electrons. The molecule has 1 aliphatic carbocycles. The lowest BCUT2D eigenvalue weighted by molar-refractivity contribution is -0.134. The molecule has 3 unspecified atom stereocenters. The molecule has 1 aromatic heterocycles. The summed E-state index contributed by atoms with van der Waals surface area (Å²) in [6.07, 6.45) is 4.43. The average Bonchev–Trinajstić information content (AvgIpc) is 3.08. The van der Waals surface area contributed by atoms with Crippen LogP contribution in [0.5, 0.6) is 0 Å². The lowest BCUT2D eigenvalue weighted by Crippen LogP contribution is -2.54. The van der Waals surface area contributed by atoms with Crippen LogP contribution in [0.3, 0.4) is 0 Å². The first-order chi connectivity index (χ1) is 15.9. The van der Waals surface area contributed by atoms with Gasteiger partial charge in [-0.05, 0) is 75.8 Å². The molecule has 33 heavy (non-hydrogen) atoms. The van der Waals surface area contributed by atoms with Crippen molar-refractivity contribution < 1.29 is 14.3 Å². The normalized spacial score (nSPS) is 23.6. The predicted molar refractivity (Wildman–Crippen MR) is 128 cm³/mol. The summed E-state index contributed by atoms with van der Waals surface area (Å²) in [6.45, 7) is 7.58. The Morgan fingerprint density at radius 1 is 1.30 bits per heavy atom. The van der Waals surface area contributed by atoms with Crippen LogP contribution in [0.15, 0.2) is 30.0 Å². The third-order valence-corrected chi connectivity index (χ3v) is 6.90. The van der Waals surface area contributed by atoms with Gasteiger partial charge in [0.05, 0.1) is 11.7 Å². The molecule has 2 aromatic rings. The fourth-order valence-electron chi connectivity index (χ4n) is 4.80. The molecular weight excluding hydrogens is 440 g/mol. The molecule has 0 spiro atoms. The highest BCUT2D eigenvalue weighted by molar-refractivity contribution is 6.30. The van der Waals surface area contributed by atoms with E-state index in [0.717, 1.165) is 42.8 Å². The van der Waals surface area contributed by atoms with Gasteiger partial charge in [0.1, 0.15) is 6.10 Å². The van der Waals surface area contributed by atoms with Crippen molar-refractivity contribution in [3.05, 3.63) is 57.6 Å². The Hall–Kier alpha value is -2.80. The van der Waals surface area contributed by atoms with E-state index < -0.39 is 0 Å². The molecule has 1 saturated carbocycles. The molecule has 8 heteroatoms. The van der Waals surface area contributed by atoms with Gasteiger partial charge in [0, 0.05) is 29.7 Å². The molecular formula is C25H31ClN4O3. The number of aromatic nitrogens is 2. The van der Waals surface area contributed by atoms with Gasteiger partial charge in [-0.25, -0.2) is 0 Å². The molecule has 2 fully saturated rings. The van der Waals surface area contributed by atoms with Crippen molar-refractivity contribution in [1.82, 2.24) is 20.4 Å². The Balaban J connectivity index is 1.30. The van der Waals surface area contributed by atoms with Crippen molar-refractivity contribution in [2.24, 2.45) is 5.92 Å². The van der Waals surface area contributed by atoms with E-state index in [4.69, 9.17) is 16.3 Å². The number of amides is 2. The van der Waals surface area contributed by atoms with Crippen molar-refractivity contribution >= 4 is 29.5 Å². The fourth-order valence-corrected chi connectivity index (χ4v) is 4.92. The number of halogens is 1. The van der Waals surface area contributed by atoms with E-state index >= 15 is 0 Å². The van der Waals surface area contributed by atoms with Gasteiger partial charge >= 0.3 is 0 Å². The maximum Gasteiger partial charge on any atom is 0.286 e. The highest BCUT2D eigenvalue weighted by Gasteiger charge is 2.40. The van der Waals surface area contributed by atoms with Gasteiger partial charge in [0.2, 0.25) is 5.91 Å². The van der Waals surface area contributed by atoms with Crippen molar-refractivity contribution in [3.63, 3.8) is 0 Å². The number of fused-ring (bicyclic) bond motifs is 1. The SMILES string of the molecule is CCn1nc(C)c(CCNC(=O)C2CCC3O/C(=C\c4ccc(Cl)cc4)C(=O)NC3C2)c1C. The second-order valence-corrected chi connectivity index (χ2v) is 9.25. The van der Waals surface area contributed by atoms with Gasteiger partial charge in [-0.2, -0.15) is 5.10 Å². The maximum atomic E-state index is 12.8. The van der Waals surface area contributed by atoms with Crippen LogP contribution in [0.4, 0.5) is 0 Å². The molecule has 0 radical (unpaired) electrons. The summed E-state index contributed by atoms with van der Waals surface area (Å²) in [4.78, 5) is 25.4.